The molecule has 0 amide bonds. The summed E-state index contributed by atoms with van der Waals surface area (Å²) in [6, 6.07) is 0. The van der Waals surface area contributed by atoms with Crippen LogP contribution in [0.2, 0.25) is 0 Å². The van der Waals surface area contributed by atoms with E-state index in [1.807, 2.05) is 0 Å². The highest BCUT2D eigenvalue weighted by atomic mass is 32.1. The first kappa shape index (κ1) is 11.3. The molecule has 0 aliphatic heterocycles. The largest absolute Gasteiger partial charge is 0.375 e. The molecular weight excluding hydrogens is 240 g/mol. The van der Waals surface area contributed by atoms with Crippen molar-refractivity contribution in [2.75, 3.05) is 5.73 Å². The number of nitrogens with two attached hydrogens (primary N) is 1. The monoisotopic (exact) mass is 262 g/mol. The predicted octanol–water partition coefficient (Wildman–Crippen LogP) is 3.83. The summed E-state index contributed by atoms with van der Waals surface area (Å²) in [7, 11) is 0. The van der Waals surface area contributed by atoms with Crippen molar-refractivity contribution in [2.24, 2.45) is 23.7 Å². The molecule has 0 atom stereocenters. The molecule has 0 aromatic carbocycles. The molecule has 4 bridgehead atoms. The van der Waals surface area contributed by atoms with Gasteiger partial charge in [0.1, 0.15) is 0 Å². The third kappa shape index (κ3) is 1.56. The van der Waals surface area contributed by atoms with Gasteiger partial charge >= 0.3 is 0 Å². The summed E-state index contributed by atoms with van der Waals surface area (Å²) >= 11 is 1.73. The van der Waals surface area contributed by atoms with Crippen LogP contribution in [0.25, 0.3) is 0 Å². The summed E-state index contributed by atoms with van der Waals surface area (Å²) < 4.78 is 0. The van der Waals surface area contributed by atoms with E-state index in [1.165, 1.54) is 42.7 Å². The molecule has 1 aromatic heterocycles. The maximum atomic E-state index is 5.96. The van der Waals surface area contributed by atoms with Crippen LogP contribution in [0, 0.1) is 23.7 Å². The van der Waals surface area contributed by atoms with Gasteiger partial charge in [0, 0.05) is 10.8 Å². The molecule has 4 aliphatic carbocycles. The first-order chi connectivity index (χ1) is 8.74. The average molecular weight is 262 g/mol. The normalized spacial score (nSPS) is 41.5. The second-order valence-electron chi connectivity index (χ2n) is 6.67. The quantitative estimate of drug-likeness (QED) is 0.879. The number of hydrogen-bond acceptors (Lipinski definition) is 3. The smallest absolute Gasteiger partial charge is 0.180 e. The lowest BCUT2D eigenvalue weighted by Crippen LogP contribution is -2.44. The highest BCUT2D eigenvalue weighted by Gasteiger charge is 2.49. The fourth-order valence-electron chi connectivity index (χ4n) is 5.27. The summed E-state index contributed by atoms with van der Waals surface area (Å²) in [6.45, 7) is 2.24. The SMILES string of the molecule is CCc1sc(N)nc1C1C2CC3CC(C2)CC1C3. The van der Waals surface area contributed by atoms with Gasteiger partial charge in [0.05, 0.1) is 5.69 Å². The number of aryl methyl sites for hydroxylation is 1. The van der Waals surface area contributed by atoms with Gasteiger partial charge in [0.15, 0.2) is 5.13 Å². The number of nitrogen functional groups attached to an aromatic ring is 1. The minimum absolute atomic E-state index is 0.751. The number of aromatic nitrogens is 1. The molecule has 1 aromatic rings. The van der Waals surface area contributed by atoms with Gasteiger partial charge in [-0.05, 0) is 62.2 Å². The maximum absolute atomic E-state index is 5.96. The second kappa shape index (κ2) is 3.96. The van der Waals surface area contributed by atoms with Crippen LogP contribution < -0.4 is 5.73 Å². The molecule has 0 saturated heterocycles. The minimum Gasteiger partial charge on any atom is -0.375 e. The topological polar surface area (TPSA) is 38.9 Å². The van der Waals surface area contributed by atoms with Gasteiger partial charge in [-0.3, -0.25) is 0 Å². The van der Waals surface area contributed by atoms with E-state index in [1.54, 1.807) is 11.3 Å². The Morgan fingerprint density at radius 3 is 2.28 bits per heavy atom. The Balaban J connectivity index is 1.72. The number of hydrogen-bond donors (Lipinski definition) is 1. The molecule has 18 heavy (non-hydrogen) atoms. The molecule has 0 spiro atoms. The average Bonchev–Trinajstić information content (AvgIpc) is 2.69. The summed E-state index contributed by atoms with van der Waals surface area (Å²) in [5.74, 6) is 4.69. The van der Waals surface area contributed by atoms with E-state index in [9.17, 15) is 0 Å². The maximum Gasteiger partial charge on any atom is 0.180 e. The minimum atomic E-state index is 0.751. The Bertz CT molecular complexity index is 437. The van der Waals surface area contributed by atoms with Gasteiger partial charge in [0.2, 0.25) is 0 Å². The lowest BCUT2D eigenvalue weighted by atomic mass is 9.51. The summed E-state index contributed by atoms with van der Waals surface area (Å²) in [4.78, 5) is 6.19. The standard InChI is InChI=1S/C15H22N2S/c1-2-12-14(17-15(16)18-12)13-10-4-8-3-9(6-10)7-11(13)5-8/h8-11,13H,2-7H2,1H3,(H2,16,17). The number of nitrogens with zero attached hydrogens (tertiary/aromatic N) is 1. The molecule has 98 valence electrons. The molecule has 4 saturated carbocycles. The van der Waals surface area contributed by atoms with Gasteiger partial charge in [-0.15, -0.1) is 11.3 Å². The molecule has 4 aliphatic rings. The number of rotatable bonds is 2. The zero-order chi connectivity index (χ0) is 12.3. The molecule has 5 rings (SSSR count). The summed E-state index contributed by atoms with van der Waals surface area (Å²) in [5, 5.41) is 0.788. The molecular formula is C15H22N2S. The van der Waals surface area contributed by atoms with Crippen LogP contribution in [0.4, 0.5) is 5.13 Å². The number of thiazole rings is 1. The van der Waals surface area contributed by atoms with Crippen molar-refractivity contribution < 1.29 is 0 Å². The van der Waals surface area contributed by atoms with Gasteiger partial charge < -0.3 is 5.73 Å². The zero-order valence-electron chi connectivity index (χ0n) is 11.1. The molecule has 2 nitrogen and oxygen atoms in total. The Labute approximate surface area is 113 Å². The highest BCUT2D eigenvalue weighted by Crippen LogP contribution is 2.60. The van der Waals surface area contributed by atoms with Crippen molar-refractivity contribution >= 4 is 16.5 Å². The van der Waals surface area contributed by atoms with E-state index < -0.39 is 0 Å². The van der Waals surface area contributed by atoms with E-state index in [0.717, 1.165) is 41.1 Å². The van der Waals surface area contributed by atoms with E-state index >= 15 is 0 Å². The molecule has 0 unspecified atom stereocenters. The van der Waals surface area contributed by atoms with Crippen LogP contribution in [0.5, 0.6) is 0 Å². The van der Waals surface area contributed by atoms with Crippen molar-refractivity contribution in [3.8, 4) is 0 Å². The van der Waals surface area contributed by atoms with Crippen molar-refractivity contribution in [2.45, 2.75) is 51.4 Å². The molecule has 2 N–H and O–H groups in total. The van der Waals surface area contributed by atoms with Crippen molar-refractivity contribution in [1.29, 1.82) is 0 Å². The molecule has 3 heteroatoms. The van der Waals surface area contributed by atoms with Crippen LogP contribution in [-0.2, 0) is 6.42 Å². The second-order valence-corrected chi connectivity index (χ2v) is 7.79. The third-order valence-electron chi connectivity index (χ3n) is 5.61. The first-order valence-electron chi connectivity index (χ1n) is 7.49. The van der Waals surface area contributed by atoms with Crippen molar-refractivity contribution in [3.05, 3.63) is 10.6 Å². The lowest BCUT2D eigenvalue weighted by Gasteiger charge is -2.54. The molecule has 4 fully saturated rings. The molecule has 1 heterocycles. The van der Waals surface area contributed by atoms with E-state index in [0.29, 0.717) is 0 Å². The Morgan fingerprint density at radius 1 is 1.11 bits per heavy atom. The van der Waals surface area contributed by atoms with Crippen molar-refractivity contribution in [3.63, 3.8) is 0 Å². The van der Waals surface area contributed by atoms with Crippen LogP contribution in [0.1, 0.15) is 55.5 Å². The van der Waals surface area contributed by atoms with E-state index in [2.05, 4.69) is 6.92 Å². The fraction of sp³-hybridized carbons (Fsp3) is 0.800. The van der Waals surface area contributed by atoms with Crippen molar-refractivity contribution in [1.82, 2.24) is 4.98 Å². The van der Waals surface area contributed by atoms with Gasteiger partial charge in [-0.2, -0.15) is 0 Å². The lowest BCUT2D eigenvalue weighted by molar-refractivity contribution is -0.00418. The zero-order valence-corrected chi connectivity index (χ0v) is 11.9. The van der Waals surface area contributed by atoms with Gasteiger partial charge in [-0.25, -0.2) is 4.98 Å². The predicted molar refractivity (Wildman–Crippen MR) is 75.7 cm³/mol. The van der Waals surface area contributed by atoms with E-state index in [-0.39, 0.29) is 0 Å². The molecule has 0 radical (unpaired) electrons. The fourth-order valence-corrected chi connectivity index (χ4v) is 6.09. The first-order valence-corrected chi connectivity index (χ1v) is 8.31. The highest BCUT2D eigenvalue weighted by molar-refractivity contribution is 7.15. The van der Waals surface area contributed by atoms with Gasteiger partial charge in [0.25, 0.3) is 0 Å². The van der Waals surface area contributed by atoms with Crippen LogP contribution in [0.15, 0.2) is 0 Å². The Hall–Kier alpha value is -0.570. The van der Waals surface area contributed by atoms with Crippen LogP contribution >= 0.6 is 11.3 Å². The van der Waals surface area contributed by atoms with Crippen LogP contribution in [-0.4, -0.2) is 4.98 Å². The number of anilines is 1. The summed E-state index contributed by atoms with van der Waals surface area (Å²) in [6.07, 6.45) is 8.51. The van der Waals surface area contributed by atoms with Crippen LogP contribution in [0.3, 0.4) is 0 Å². The Morgan fingerprint density at radius 2 is 1.72 bits per heavy atom. The summed E-state index contributed by atoms with van der Waals surface area (Å²) in [5.41, 5.74) is 7.35. The van der Waals surface area contributed by atoms with E-state index in [4.69, 9.17) is 10.7 Å². The third-order valence-corrected chi connectivity index (χ3v) is 6.65. The Kier molecular flexibility index (Phi) is 2.48. The van der Waals surface area contributed by atoms with Gasteiger partial charge in [-0.1, -0.05) is 6.92 Å².